The van der Waals surface area contributed by atoms with Crippen molar-refractivity contribution in [3.8, 4) is 0 Å². The third-order valence-corrected chi connectivity index (χ3v) is 8.41. The monoisotopic (exact) mass is 547 g/mol. The fourth-order valence-electron chi connectivity index (χ4n) is 6.45. The maximum Gasteiger partial charge on any atom is 0.338 e. The van der Waals surface area contributed by atoms with Crippen LogP contribution in [0.3, 0.4) is 0 Å². The van der Waals surface area contributed by atoms with Gasteiger partial charge in [-0.05, 0) is 59.9 Å². The van der Waals surface area contributed by atoms with Crippen LogP contribution in [0.2, 0.25) is 0 Å². The molecule has 4 aromatic rings. The molecule has 2 N–H and O–H groups in total. The molecule has 1 aliphatic carbocycles. The third kappa shape index (κ3) is 5.18. The Bertz CT molecular complexity index is 1500. The van der Waals surface area contributed by atoms with Crippen LogP contribution in [-0.2, 0) is 14.9 Å². The highest BCUT2D eigenvalue weighted by atomic mass is 16.6. The van der Waals surface area contributed by atoms with Crippen molar-refractivity contribution in [3.05, 3.63) is 143 Å². The minimum Gasteiger partial charge on any atom is -0.454 e. The molecular weight excluding hydrogens is 510 g/mol. The van der Waals surface area contributed by atoms with Gasteiger partial charge in [-0.1, -0.05) is 105 Å². The van der Waals surface area contributed by atoms with E-state index in [1.807, 2.05) is 43.3 Å². The summed E-state index contributed by atoms with van der Waals surface area (Å²) < 4.78 is 12.9. The molecule has 5 nitrogen and oxygen atoms in total. The zero-order chi connectivity index (χ0) is 29.0. The Morgan fingerprint density at radius 1 is 0.756 bits per heavy atom. The lowest BCUT2D eigenvalue weighted by atomic mass is 9.56. The van der Waals surface area contributed by atoms with Crippen molar-refractivity contribution in [1.82, 2.24) is 0 Å². The van der Waals surface area contributed by atoms with Crippen LogP contribution in [0.4, 0.5) is 0 Å². The zero-order valence-electron chi connectivity index (χ0n) is 23.8. The minimum atomic E-state index is -0.976. The van der Waals surface area contributed by atoms with E-state index < -0.39 is 35.6 Å². The second-order valence-electron chi connectivity index (χ2n) is 10.9. The molecule has 0 radical (unpaired) electrons. The standard InChI is InChI=1S/C36H37NO4/c1-4-15-31(37)36(29-22-13-11-16-24(29)2)30-23-14-12-21-28(30)25(3)32(40-34(38)26-17-7-5-8-18-26)33(36)41-35(39)27-19-9-6-10-20-27/h5-14,16-23,25,31-33H,4,15,37H2,1-3H3. The summed E-state index contributed by atoms with van der Waals surface area (Å²) in [7, 11) is 0. The molecular formula is C36H37NO4. The number of rotatable bonds is 8. The van der Waals surface area contributed by atoms with E-state index in [4.69, 9.17) is 15.2 Å². The molecule has 0 heterocycles. The number of ether oxygens (including phenoxy) is 2. The Labute approximate surface area is 242 Å². The third-order valence-electron chi connectivity index (χ3n) is 8.41. The first kappa shape index (κ1) is 28.3. The van der Waals surface area contributed by atoms with E-state index in [1.54, 1.807) is 48.5 Å². The van der Waals surface area contributed by atoms with E-state index in [-0.39, 0.29) is 5.92 Å². The second kappa shape index (κ2) is 12.1. The second-order valence-corrected chi connectivity index (χ2v) is 10.9. The molecule has 5 rings (SSSR count). The first-order chi connectivity index (χ1) is 19.9. The fourth-order valence-corrected chi connectivity index (χ4v) is 6.45. The summed E-state index contributed by atoms with van der Waals surface area (Å²) in [6.07, 6.45) is -0.181. The number of carbonyl (C=O) groups is 2. The van der Waals surface area contributed by atoms with Crippen molar-refractivity contribution >= 4 is 11.9 Å². The summed E-state index contributed by atoms with van der Waals surface area (Å²) in [5.74, 6) is -1.21. The Kier molecular flexibility index (Phi) is 8.36. The fraction of sp³-hybridized carbons (Fsp3) is 0.278. The van der Waals surface area contributed by atoms with Crippen LogP contribution in [0, 0.1) is 6.92 Å². The van der Waals surface area contributed by atoms with Crippen molar-refractivity contribution < 1.29 is 19.1 Å². The molecule has 4 aromatic carbocycles. The van der Waals surface area contributed by atoms with Gasteiger partial charge in [0.25, 0.3) is 0 Å². The zero-order valence-corrected chi connectivity index (χ0v) is 23.8. The van der Waals surface area contributed by atoms with Gasteiger partial charge in [0.15, 0.2) is 6.10 Å². The van der Waals surface area contributed by atoms with E-state index >= 15 is 0 Å². The molecule has 41 heavy (non-hydrogen) atoms. The van der Waals surface area contributed by atoms with Crippen molar-refractivity contribution in [1.29, 1.82) is 0 Å². The first-order valence-electron chi connectivity index (χ1n) is 14.3. The van der Waals surface area contributed by atoms with Crippen LogP contribution in [0.5, 0.6) is 0 Å². The molecule has 0 aliphatic heterocycles. The minimum absolute atomic E-state index is 0.265. The van der Waals surface area contributed by atoms with Crippen molar-refractivity contribution in [2.24, 2.45) is 5.73 Å². The van der Waals surface area contributed by atoms with Gasteiger partial charge < -0.3 is 15.2 Å². The van der Waals surface area contributed by atoms with Gasteiger partial charge in [-0.25, -0.2) is 9.59 Å². The van der Waals surface area contributed by atoms with E-state index in [0.717, 1.165) is 28.7 Å². The highest BCUT2D eigenvalue weighted by Crippen LogP contribution is 2.52. The Morgan fingerprint density at radius 3 is 1.85 bits per heavy atom. The molecule has 5 atom stereocenters. The topological polar surface area (TPSA) is 78.6 Å². The maximum atomic E-state index is 13.8. The van der Waals surface area contributed by atoms with Gasteiger partial charge in [-0.15, -0.1) is 0 Å². The molecule has 0 amide bonds. The molecule has 5 unspecified atom stereocenters. The van der Waals surface area contributed by atoms with Crippen LogP contribution in [-0.4, -0.2) is 30.2 Å². The molecule has 0 bridgehead atoms. The Balaban J connectivity index is 1.77. The van der Waals surface area contributed by atoms with Gasteiger partial charge in [0.05, 0.1) is 16.5 Å². The summed E-state index contributed by atoms with van der Waals surface area (Å²) in [5.41, 5.74) is 11.1. The predicted octanol–water partition coefficient (Wildman–Crippen LogP) is 6.98. The van der Waals surface area contributed by atoms with Gasteiger partial charge in [0.2, 0.25) is 0 Å². The van der Waals surface area contributed by atoms with E-state index in [0.29, 0.717) is 17.5 Å². The Hall–Kier alpha value is -4.22. The highest BCUT2D eigenvalue weighted by Gasteiger charge is 2.59. The molecule has 0 aromatic heterocycles. The maximum absolute atomic E-state index is 13.8. The van der Waals surface area contributed by atoms with Crippen molar-refractivity contribution in [2.75, 3.05) is 0 Å². The number of benzene rings is 4. The van der Waals surface area contributed by atoms with Gasteiger partial charge in [0, 0.05) is 12.0 Å². The van der Waals surface area contributed by atoms with Crippen LogP contribution < -0.4 is 5.73 Å². The lowest BCUT2D eigenvalue weighted by molar-refractivity contribution is -0.0771. The quantitative estimate of drug-likeness (QED) is 0.241. The predicted molar refractivity (Wildman–Crippen MR) is 161 cm³/mol. The SMILES string of the molecule is CCCC(N)C1(c2ccccc2C)c2ccccc2C(C)C(OC(=O)c2ccccc2)C1OC(=O)c1ccccc1. The van der Waals surface area contributed by atoms with Gasteiger partial charge >= 0.3 is 11.9 Å². The van der Waals surface area contributed by atoms with Gasteiger partial charge in [0.1, 0.15) is 6.10 Å². The number of fused-ring (bicyclic) bond motifs is 1. The number of hydrogen-bond acceptors (Lipinski definition) is 5. The molecule has 0 saturated carbocycles. The van der Waals surface area contributed by atoms with Crippen LogP contribution in [0.15, 0.2) is 109 Å². The summed E-state index contributed by atoms with van der Waals surface area (Å²) >= 11 is 0. The number of nitrogens with two attached hydrogens (primary N) is 1. The van der Waals surface area contributed by atoms with Gasteiger partial charge in [-0.3, -0.25) is 0 Å². The van der Waals surface area contributed by atoms with E-state index in [1.165, 1.54) is 0 Å². The van der Waals surface area contributed by atoms with Crippen molar-refractivity contribution in [2.45, 2.75) is 63.2 Å². The number of carbonyl (C=O) groups excluding carboxylic acids is 2. The lowest BCUT2D eigenvalue weighted by Crippen LogP contribution is -2.64. The molecule has 0 fully saturated rings. The molecule has 0 spiro atoms. The summed E-state index contributed by atoms with van der Waals surface area (Å²) in [6, 6.07) is 33.7. The summed E-state index contributed by atoms with van der Waals surface area (Å²) in [5, 5.41) is 0. The van der Waals surface area contributed by atoms with Crippen LogP contribution in [0.1, 0.15) is 75.6 Å². The highest BCUT2D eigenvalue weighted by molar-refractivity contribution is 5.90. The largest absolute Gasteiger partial charge is 0.454 e. The smallest absolute Gasteiger partial charge is 0.338 e. The van der Waals surface area contributed by atoms with Gasteiger partial charge in [-0.2, -0.15) is 0 Å². The lowest BCUT2D eigenvalue weighted by Gasteiger charge is -2.53. The Morgan fingerprint density at radius 2 is 1.27 bits per heavy atom. The van der Waals surface area contributed by atoms with Crippen LogP contribution >= 0.6 is 0 Å². The number of aryl methyl sites for hydroxylation is 1. The molecule has 1 aliphatic rings. The average molecular weight is 548 g/mol. The molecule has 210 valence electrons. The van der Waals surface area contributed by atoms with Crippen molar-refractivity contribution in [3.63, 3.8) is 0 Å². The molecule has 0 saturated heterocycles. The first-order valence-corrected chi connectivity index (χ1v) is 14.3. The van der Waals surface area contributed by atoms with E-state index in [2.05, 4.69) is 38.1 Å². The number of hydrogen-bond donors (Lipinski definition) is 1. The average Bonchev–Trinajstić information content (AvgIpc) is 3.01. The molecule has 5 heteroatoms. The summed E-state index contributed by atoms with van der Waals surface area (Å²) in [6.45, 7) is 6.18. The normalized spacial score (nSPS) is 22.3. The van der Waals surface area contributed by atoms with E-state index in [9.17, 15) is 9.59 Å². The number of esters is 2. The van der Waals surface area contributed by atoms with Crippen LogP contribution in [0.25, 0.3) is 0 Å². The summed E-state index contributed by atoms with van der Waals surface area (Å²) in [4.78, 5) is 27.4.